The Morgan fingerprint density at radius 1 is 1.11 bits per heavy atom. The lowest BCUT2D eigenvalue weighted by molar-refractivity contribution is -0.160. The molecule has 0 aliphatic carbocycles. The van der Waals surface area contributed by atoms with Gasteiger partial charge in [-0.1, -0.05) is 36.4 Å². The standard InChI is InChI=1S/C21H20N2O5/c1-14(20(25)22-11-10-15-6-2-3-7-16(15)12-22)27-19(24)13-23-17-8-4-5-9-18(17)28-21(23)26/h2-9,14H,10-13H2,1H3/t14-/m0/s1. The van der Waals surface area contributed by atoms with Crippen molar-refractivity contribution in [3.05, 3.63) is 70.2 Å². The number of esters is 1. The molecule has 0 bridgehead atoms. The zero-order valence-electron chi connectivity index (χ0n) is 15.5. The maximum Gasteiger partial charge on any atom is 0.420 e. The second-order valence-corrected chi connectivity index (χ2v) is 6.83. The zero-order chi connectivity index (χ0) is 19.7. The summed E-state index contributed by atoms with van der Waals surface area (Å²) >= 11 is 0. The fourth-order valence-corrected chi connectivity index (χ4v) is 3.52. The van der Waals surface area contributed by atoms with Crippen molar-refractivity contribution in [1.82, 2.24) is 9.47 Å². The van der Waals surface area contributed by atoms with E-state index in [0.717, 1.165) is 12.0 Å². The number of hydrogen-bond donors (Lipinski definition) is 0. The lowest BCUT2D eigenvalue weighted by Gasteiger charge is -2.30. The number of amides is 1. The van der Waals surface area contributed by atoms with Gasteiger partial charge in [-0.15, -0.1) is 0 Å². The summed E-state index contributed by atoms with van der Waals surface area (Å²) < 4.78 is 11.6. The van der Waals surface area contributed by atoms with Crippen molar-refractivity contribution >= 4 is 23.0 Å². The molecule has 3 aromatic rings. The van der Waals surface area contributed by atoms with Crippen LogP contribution in [0.3, 0.4) is 0 Å². The fraction of sp³-hybridized carbons (Fsp3) is 0.286. The number of aromatic nitrogens is 1. The molecule has 0 saturated carbocycles. The van der Waals surface area contributed by atoms with Crippen LogP contribution in [0, 0.1) is 0 Å². The summed E-state index contributed by atoms with van der Waals surface area (Å²) in [4.78, 5) is 38.7. The first-order valence-electron chi connectivity index (χ1n) is 9.16. The van der Waals surface area contributed by atoms with Gasteiger partial charge in [0.25, 0.3) is 5.91 Å². The van der Waals surface area contributed by atoms with E-state index < -0.39 is 17.8 Å². The van der Waals surface area contributed by atoms with Crippen molar-refractivity contribution in [3.63, 3.8) is 0 Å². The normalized spacial score (nSPS) is 14.5. The van der Waals surface area contributed by atoms with Crippen LogP contribution >= 0.6 is 0 Å². The number of rotatable bonds is 4. The van der Waals surface area contributed by atoms with Crippen molar-refractivity contribution < 1.29 is 18.7 Å². The summed E-state index contributed by atoms with van der Waals surface area (Å²) in [6.07, 6.45) is -0.148. The van der Waals surface area contributed by atoms with Crippen LogP contribution in [-0.4, -0.2) is 34.0 Å². The van der Waals surface area contributed by atoms with Gasteiger partial charge in [0.1, 0.15) is 6.54 Å². The molecule has 2 heterocycles. The maximum atomic E-state index is 12.7. The molecule has 28 heavy (non-hydrogen) atoms. The third kappa shape index (κ3) is 3.43. The summed E-state index contributed by atoms with van der Waals surface area (Å²) in [7, 11) is 0. The molecule has 0 N–H and O–H groups in total. The number of carbonyl (C=O) groups is 2. The van der Waals surface area contributed by atoms with Gasteiger partial charge in [0.05, 0.1) is 5.52 Å². The molecule has 7 heteroatoms. The second-order valence-electron chi connectivity index (χ2n) is 6.83. The summed E-state index contributed by atoms with van der Waals surface area (Å²) in [6, 6.07) is 14.8. The molecule has 1 amide bonds. The van der Waals surface area contributed by atoms with Crippen LogP contribution in [-0.2, 0) is 33.8 Å². The highest BCUT2D eigenvalue weighted by molar-refractivity contribution is 5.84. The zero-order valence-corrected chi connectivity index (χ0v) is 15.5. The number of benzene rings is 2. The second kappa shape index (κ2) is 7.34. The van der Waals surface area contributed by atoms with Gasteiger partial charge in [-0.05, 0) is 36.6 Å². The SMILES string of the molecule is C[C@H](OC(=O)Cn1c(=O)oc2ccccc21)C(=O)N1CCc2ccccc2C1. The van der Waals surface area contributed by atoms with Crippen molar-refractivity contribution in [2.75, 3.05) is 6.54 Å². The van der Waals surface area contributed by atoms with Gasteiger partial charge in [-0.3, -0.25) is 14.2 Å². The van der Waals surface area contributed by atoms with Gasteiger partial charge in [0.2, 0.25) is 0 Å². The molecule has 1 aromatic heterocycles. The van der Waals surface area contributed by atoms with E-state index in [-0.39, 0.29) is 12.5 Å². The monoisotopic (exact) mass is 380 g/mol. The molecule has 4 rings (SSSR count). The van der Waals surface area contributed by atoms with Gasteiger partial charge in [0.15, 0.2) is 11.7 Å². The van der Waals surface area contributed by atoms with Gasteiger partial charge in [0, 0.05) is 13.1 Å². The molecule has 1 atom stereocenters. The molecule has 0 unspecified atom stereocenters. The van der Waals surface area contributed by atoms with Crippen LogP contribution in [0.25, 0.3) is 11.1 Å². The van der Waals surface area contributed by atoms with E-state index in [0.29, 0.717) is 24.2 Å². The molecule has 0 fully saturated rings. The molecule has 1 aliphatic rings. The van der Waals surface area contributed by atoms with Gasteiger partial charge in [-0.25, -0.2) is 4.79 Å². The van der Waals surface area contributed by atoms with Crippen molar-refractivity contribution in [3.8, 4) is 0 Å². The number of para-hydroxylation sites is 2. The highest BCUT2D eigenvalue weighted by atomic mass is 16.5. The van der Waals surface area contributed by atoms with Crippen LogP contribution in [0.15, 0.2) is 57.7 Å². The summed E-state index contributed by atoms with van der Waals surface area (Å²) in [5.41, 5.74) is 3.26. The molecule has 2 aromatic carbocycles. The largest absolute Gasteiger partial charge is 0.451 e. The highest BCUT2D eigenvalue weighted by Gasteiger charge is 2.27. The first-order valence-corrected chi connectivity index (χ1v) is 9.16. The molecular weight excluding hydrogens is 360 g/mol. The van der Waals surface area contributed by atoms with E-state index in [2.05, 4.69) is 6.07 Å². The van der Waals surface area contributed by atoms with E-state index in [1.54, 1.807) is 36.1 Å². The number of oxazole rings is 1. The minimum atomic E-state index is -0.924. The number of carbonyl (C=O) groups excluding carboxylic acids is 2. The van der Waals surface area contributed by atoms with E-state index in [1.807, 2.05) is 18.2 Å². The van der Waals surface area contributed by atoms with Crippen LogP contribution in [0.4, 0.5) is 0 Å². The van der Waals surface area contributed by atoms with Crippen LogP contribution < -0.4 is 5.76 Å². The average Bonchev–Trinajstić information content (AvgIpc) is 3.02. The molecule has 7 nitrogen and oxygen atoms in total. The number of ether oxygens (including phenoxy) is 1. The van der Waals surface area contributed by atoms with Gasteiger partial charge in [-0.2, -0.15) is 0 Å². The summed E-state index contributed by atoms with van der Waals surface area (Å²) in [6.45, 7) is 2.33. The minimum absolute atomic E-state index is 0.243. The van der Waals surface area contributed by atoms with E-state index >= 15 is 0 Å². The van der Waals surface area contributed by atoms with Gasteiger partial charge >= 0.3 is 11.7 Å². The maximum absolute atomic E-state index is 12.7. The molecule has 1 aliphatic heterocycles. The molecule has 144 valence electrons. The van der Waals surface area contributed by atoms with E-state index in [1.165, 1.54) is 10.1 Å². The smallest absolute Gasteiger partial charge is 0.420 e. The van der Waals surface area contributed by atoms with Crippen molar-refractivity contribution in [2.24, 2.45) is 0 Å². The van der Waals surface area contributed by atoms with Gasteiger partial charge < -0.3 is 14.1 Å². The predicted molar refractivity (Wildman–Crippen MR) is 102 cm³/mol. The molecule has 0 saturated heterocycles. The molecule has 0 radical (unpaired) electrons. The third-order valence-corrected chi connectivity index (χ3v) is 4.96. The topological polar surface area (TPSA) is 81.7 Å². The van der Waals surface area contributed by atoms with Crippen LogP contribution in [0.2, 0.25) is 0 Å². The Kier molecular flexibility index (Phi) is 4.73. The third-order valence-electron chi connectivity index (χ3n) is 4.96. The molecular formula is C21H20N2O5. The van der Waals surface area contributed by atoms with Crippen molar-refractivity contribution in [1.29, 1.82) is 0 Å². The Morgan fingerprint density at radius 3 is 2.64 bits per heavy atom. The lowest BCUT2D eigenvalue weighted by Crippen LogP contribution is -2.43. The Morgan fingerprint density at radius 2 is 1.82 bits per heavy atom. The lowest BCUT2D eigenvalue weighted by atomic mass is 9.99. The predicted octanol–water partition coefficient (Wildman–Crippen LogP) is 2.11. The fourth-order valence-electron chi connectivity index (χ4n) is 3.52. The average molecular weight is 380 g/mol. The molecule has 0 spiro atoms. The Hall–Kier alpha value is -3.35. The highest BCUT2D eigenvalue weighted by Crippen LogP contribution is 2.19. The summed E-state index contributed by atoms with van der Waals surface area (Å²) in [5, 5.41) is 0. The first kappa shape index (κ1) is 18.0. The Labute approximate surface area is 161 Å². The van der Waals surface area contributed by atoms with Crippen LogP contribution in [0.5, 0.6) is 0 Å². The Bertz CT molecular complexity index is 1100. The minimum Gasteiger partial charge on any atom is -0.451 e. The summed E-state index contributed by atoms with van der Waals surface area (Å²) in [5.74, 6) is -1.54. The van der Waals surface area contributed by atoms with Crippen molar-refractivity contribution in [2.45, 2.75) is 32.5 Å². The Balaban J connectivity index is 1.41. The number of hydrogen-bond acceptors (Lipinski definition) is 5. The number of fused-ring (bicyclic) bond motifs is 2. The van der Waals surface area contributed by atoms with E-state index in [4.69, 9.17) is 9.15 Å². The number of nitrogens with zero attached hydrogens (tertiary/aromatic N) is 2. The van der Waals surface area contributed by atoms with Crippen LogP contribution in [0.1, 0.15) is 18.1 Å². The first-order chi connectivity index (χ1) is 13.5. The quantitative estimate of drug-likeness (QED) is 0.648. The van der Waals surface area contributed by atoms with E-state index in [9.17, 15) is 14.4 Å².